The average molecular weight is 578 g/mol. The summed E-state index contributed by atoms with van der Waals surface area (Å²) < 4.78 is 118. The van der Waals surface area contributed by atoms with Crippen molar-refractivity contribution in [2.24, 2.45) is 0 Å². The molecule has 0 aromatic carbocycles. The number of carboxylic acids is 1. The molecule has 0 bridgehead atoms. The second kappa shape index (κ2) is 10.7. The Morgan fingerprint density at radius 1 is 0.943 bits per heavy atom. The molecule has 0 aliphatic carbocycles. The molecule has 2 fully saturated rings. The van der Waals surface area contributed by atoms with Gasteiger partial charge in [-0.2, -0.15) is 30.0 Å². The first-order chi connectivity index (χ1) is 15.8. The van der Waals surface area contributed by atoms with Crippen LogP contribution in [-0.2, 0) is 54.3 Å². The average Bonchev–Trinajstić information content (AvgIpc) is 2.64. The topological polar surface area (TPSA) is 310 Å². The number of aliphatic hydroxyl groups is 3. The predicted molar refractivity (Wildman–Crippen MR) is 105 cm³/mol. The third-order valence-electron chi connectivity index (χ3n) is 5.02. The first-order valence-corrected chi connectivity index (χ1v) is 13.7. The van der Waals surface area contributed by atoms with Crippen LogP contribution in [0.15, 0.2) is 0 Å². The molecule has 4 unspecified atom stereocenters. The summed E-state index contributed by atoms with van der Waals surface area (Å²) in [6.45, 7) is 0. The quantitative estimate of drug-likeness (QED) is 0.118. The minimum atomic E-state index is -5.35. The van der Waals surface area contributed by atoms with E-state index in [1.807, 2.05) is 0 Å². The summed E-state index contributed by atoms with van der Waals surface area (Å²) in [5.74, 6) is -3.26. The first kappa shape index (κ1) is 30.1. The molecule has 0 aromatic rings. The summed E-state index contributed by atoms with van der Waals surface area (Å²) in [5, 5.41) is 37.6. The van der Waals surface area contributed by atoms with Gasteiger partial charge < -0.3 is 39.4 Å². The van der Waals surface area contributed by atoms with Gasteiger partial charge in [-0.1, -0.05) is 0 Å². The zero-order chi connectivity index (χ0) is 27.1. The summed E-state index contributed by atoms with van der Waals surface area (Å²) in [7, 11) is -14.6. The van der Waals surface area contributed by atoms with Crippen LogP contribution in [0.25, 0.3) is 0 Å². The van der Waals surface area contributed by atoms with Crippen LogP contribution in [0.2, 0.25) is 0 Å². The molecule has 2 aliphatic heterocycles. The van der Waals surface area contributed by atoms with E-state index < -0.39 is 103 Å². The molecular formula is C13H23NO18S3. The monoisotopic (exact) mass is 577 g/mol. The molecular weight excluding hydrogens is 554 g/mol. The van der Waals surface area contributed by atoms with Crippen LogP contribution in [0.5, 0.6) is 0 Å². The number of carboxylic acid groups (broad SMARTS) is 1. The zero-order valence-corrected chi connectivity index (χ0v) is 19.8. The molecule has 22 heteroatoms. The maximum Gasteiger partial charge on any atom is 0.335 e. The standard InChI is InChI=1S/C13H23NO18S3/c1-29-8-6(16)10(34(23,24)25)13(32-9(8)11(17)18)31-7-3(2-33(20,21)22)30-12(19)4(5(7)15)14-35(26,27)28/h3-10,12-16,19H,2H2,1H3,(H,17,18)(H,20,21,22)(H,23,24,25)(H,26,27,28)/t3?,4?,5-,6+,7+,8-,9?,10?,12-,13-/m1/s1. The second-order valence-electron chi connectivity index (χ2n) is 7.46. The molecule has 0 radical (unpaired) electrons. The lowest BCUT2D eigenvalue weighted by molar-refractivity contribution is -0.310. The molecule has 0 amide bonds. The lowest BCUT2D eigenvalue weighted by atomic mass is 9.97. The van der Waals surface area contributed by atoms with Crippen LogP contribution >= 0.6 is 0 Å². The van der Waals surface area contributed by atoms with Crippen LogP contribution in [-0.4, -0.2) is 139 Å². The van der Waals surface area contributed by atoms with Gasteiger partial charge in [-0.15, -0.1) is 0 Å². The van der Waals surface area contributed by atoms with Gasteiger partial charge in [0.15, 0.2) is 23.9 Å². The largest absolute Gasteiger partial charge is 0.479 e. The molecule has 2 saturated heterocycles. The van der Waals surface area contributed by atoms with Crippen LogP contribution in [0.1, 0.15) is 0 Å². The van der Waals surface area contributed by atoms with Gasteiger partial charge in [0.1, 0.15) is 42.3 Å². The highest BCUT2D eigenvalue weighted by atomic mass is 32.2. The van der Waals surface area contributed by atoms with E-state index in [1.165, 1.54) is 4.72 Å². The van der Waals surface area contributed by atoms with Crippen molar-refractivity contribution in [1.29, 1.82) is 0 Å². The number of ether oxygens (including phenoxy) is 4. The highest BCUT2D eigenvalue weighted by Crippen LogP contribution is 2.32. The molecule has 0 spiro atoms. The fourth-order valence-electron chi connectivity index (χ4n) is 3.61. The van der Waals surface area contributed by atoms with Crippen molar-refractivity contribution in [2.75, 3.05) is 12.9 Å². The van der Waals surface area contributed by atoms with Gasteiger partial charge >= 0.3 is 16.3 Å². The van der Waals surface area contributed by atoms with Crippen LogP contribution in [0, 0.1) is 0 Å². The van der Waals surface area contributed by atoms with E-state index in [-0.39, 0.29) is 0 Å². The third-order valence-corrected chi connectivity index (χ3v) is 7.53. The van der Waals surface area contributed by atoms with Crippen molar-refractivity contribution >= 4 is 36.5 Å². The number of aliphatic hydroxyl groups excluding tert-OH is 3. The van der Waals surface area contributed by atoms with Crippen LogP contribution in [0.3, 0.4) is 0 Å². The van der Waals surface area contributed by atoms with Crippen molar-refractivity contribution in [3.63, 3.8) is 0 Å². The zero-order valence-electron chi connectivity index (χ0n) is 17.3. The fourth-order valence-corrected chi connectivity index (χ4v) is 5.81. The minimum absolute atomic E-state index is 0.878. The van der Waals surface area contributed by atoms with Crippen molar-refractivity contribution in [2.45, 2.75) is 60.5 Å². The number of methoxy groups -OCH3 is 1. The Hall–Kier alpha value is -1.12. The van der Waals surface area contributed by atoms with Gasteiger partial charge in [0.05, 0.1) is 0 Å². The van der Waals surface area contributed by atoms with E-state index in [9.17, 15) is 55.0 Å². The number of carbonyl (C=O) groups is 1. The van der Waals surface area contributed by atoms with Gasteiger partial charge in [-0.3, -0.25) is 13.7 Å². The molecule has 19 nitrogen and oxygen atoms in total. The normalized spacial score (nSPS) is 39.3. The SMILES string of the molecule is CO[C@H]1C(C(=O)O)O[C@@H](O[C@H]2C(CS(=O)(=O)O)O[C@@H](O)C(NS(=O)(=O)O)[C@H]2O)C(S(=O)(=O)O)[C@H]1O. The molecule has 35 heavy (non-hydrogen) atoms. The van der Waals surface area contributed by atoms with Gasteiger partial charge in [-0.05, 0) is 0 Å². The molecule has 206 valence electrons. The molecule has 8 N–H and O–H groups in total. The maximum atomic E-state index is 11.9. The van der Waals surface area contributed by atoms with E-state index in [4.69, 9.17) is 28.1 Å². The molecule has 0 aromatic heterocycles. The van der Waals surface area contributed by atoms with Crippen molar-refractivity contribution < 1.29 is 83.1 Å². The molecule has 2 heterocycles. The Kier molecular flexibility index (Phi) is 9.21. The summed E-state index contributed by atoms with van der Waals surface area (Å²) in [6, 6.07) is -2.19. The Bertz CT molecular complexity index is 1090. The Labute approximate surface area is 197 Å². The highest BCUT2D eigenvalue weighted by Gasteiger charge is 2.57. The van der Waals surface area contributed by atoms with Gasteiger partial charge in [-0.25, -0.2) is 4.79 Å². The van der Waals surface area contributed by atoms with Gasteiger partial charge in [0.2, 0.25) is 0 Å². The maximum absolute atomic E-state index is 11.9. The minimum Gasteiger partial charge on any atom is -0.479 e. The Morgan fingerprint density at radius 2 is 1.51 bits per heavy atom. The Morgan fingerprint density at radius 3 is 1.94 bits per heavy atom. The summed E-state index contributed by atoms with van der Waals surface area (Å²) >= 11 is 0. The molecule has 2 rings (SSSR count). The molecule has 2 aliphatic rings. The number of nitrogens with one attached hydrogen (secondary N) is 1. The molecule has 0 saturated carbocycles. The third kappa shape index (κ3) is 7.45. The van der Waals surface area contributed by atoms with Crippen molar-refractivity contribution in [3.05, 3.63) is 0 Å². The van der Waals surface area contributed by atoms with E-state index >= 15 is 0 Å². The highest BCUT2D eigenvalue weighted by molar-refractivity contribution is 7.86. The first-order valence-electron chi connectivity index (χ1n) is 9.19. The number of hydrogen-bond acceptors (Lipinski definition) is 14. The van der Waals surface area contributed by atoms with Crippen molar-refractivity contribution in [1.82, 2.24) is 4.72 Å². The van der Waals surface area contributed by atoms with E-state index in [0.29, 0.717) is 0 Å². The fraction of sp³-hybridized carbons (Fsp3) is 0.923. The Balaban J connectivity index is 2.52. The number of hydrogen-bond donors (Lipinski definition) is 8. The van der Waals surface area contributed by atoms with E-state index in [0.717, 1.165) is 7.11 Å². The van der Waals surface area contributed by atoms with E-state index in [2.05, 4.69) is 0 Å². The van der Waals surface area contributed by atoms with Crippen molar-refractivity contribution in [3.8, 4) is 0 Å². The van der Waals surface area contributed by atoms with E-state index in [1.54, 1.807) is 0 Å². The van der Waals surface area contributed by atoms with Crippen LogP contribution in [0.4, 0.5) is 0 Å². The van der Waals surface area contributed by atoms with Gasteiger partial charge in [0.25, 0.3) is 20.2 Å². The lowest BCUT2D eigenvalue weighted by Gasteiger charge is -2.46. The smallest absolute Gasteiger partial charge is 0.335 e. The second-order valence-corrected chi connectivity index (χ2v) is 11.7. The van der Waals surface area contributed by atoms with Crippen LogP contribution < -0.4 is 4.72 Å². The number of aliphatic carboxylic acids is 1. The predicted octanol–water partition coefficient (Wildman–Crippen LogP) is -5.46. The summed E-state index contributed by atoms with van der Waals surface area (Å²) in [4.78, 5) is 11.5. The summed E-state index contributed by atoms with van der Waals surface area (Å²) in [5.41, 5.74) is 0. The molecule has 10 atom stereocenters. The number of rotatable bonds is 9. The summed E-state index contributed by atoms with van der Waals surface area (Å²) in [6.07, 6.45) is -18.0. The van der Waals surface area contributed by atoms with Gasteiger partial charge in [0, 0.05) is 7.11 Å². The lowest BCUT2D eigenvalue weighted by Crippen LogP contribution is -2.68.